The Kier molecular flexibility index (Phi) is 5.44. The van der Waals surface area contributed by atoms with E-state index in [4.69, 9.17) is 0 Å². The first-order chi connectivity index (χ1) is 11.7. The summed E-state index contributed by atoms with van der Waals surface area (Å²) in [6.07, 6.45) is 3.59. The first-order valence-corrected chi connectivity index (χ1v) is 8.51. The molecule has 0 saturated carbocycles. The second-order valence-corrected chi connectivity index (χ2v) is 6.33. The summed E-state index contributed by atoms with van der Waals surface area (Å²) in [5.74, 6) is 0.106. The zero-order chi connectivity index (χ0) is 16.8. The second-order valence-electron chi connectivity index (χ2n) is 6.33. The Hall–Kier alpha value is -2.39. The number of hydrogen-bond donors (Lipinski definition) is 0. The Morgan fingerprint density at radius 3 is 2.29 bits per heavy atom. The van der Waals surface area contributed by atoms with Crippen LogP contribution in [0.1, 0.15) is 16.7 Å². The topological polar surface area (TPSA) is 23.6 Å². The van der Waals surface area contributed by atoms with Gasteiger partial charge in [-0.1, -0.05) is 60.2 Å². The van der Waals surface area contributed by atoms with E-state index in [1.807, 2.05) is 29.2 Å². The van der Waals surface area contributed by atoms with Gasteiger partial charge in [-0.05, 0) is 24.1 Å². The molecule has 24 heavy (non-hydrogen) atoms. The molecule has 2 aromatic rings. The molecular formula is C21H24N2O. The zero-order valence-corrected chi connectivity index (χ0v) is 14.2. The molecule has 1 aliphatic rings. The minimum atomic E-state index is 0.106. The number of carbonyl (C=O) groups is 1. The van der Waals surface area contributed by atoms with Crippen molar-refractivity contribution in [3.63, 3.8) is 0 Å². The average molecular weight is 320 g/mol. The smallest absolute Gasteiger partial charge is 0.246 e. The fourth-order valence-electron chi connectivity index (χ4n) is 2.92. The van der Waals surface area contributed by atoms with Crippen LogP contribution in [-0.2, 0) is 11.3 Å². The van der Waals surface area contributed by atoms with Gasteiger partial charge in [0.25, 0.3) is 0 Å². The van der Waals surface area contributed by atoms with Crippen LogP contribution in [0.3, 0.4) is 0 Å². The van der Waals surface area contributed by atoms with Gasteiger partial charge in [0.2, 0.25) is 5.91 Å². The fraction of sp³-hybridized carbons (Fsp3) is 0.286. The number of nitrogens with zero attached hydrogens (tertiary/aromatic N) is 2. The summed E-state index contributed by atoms with van der Waals surface area (Å²) in [7, 11) is 0. The van der Waals surface area contributed by atoms with Crippen LogP contribution in [0.2, 0.25) is 0 Å². The third-order valence-corrected chi connectivity index (χ3v) is 4.43. The third-order valence-electron chi connectivity index (χ3n) is 4.43. The van der Waals surface area contributed by atoms with Crippen molar-refractivity contribution in [3.05, 3.63) is 77.4 Å². The van der Waals surface area contributed by atoms with Crippen LogP contribution in [-0.4, -0.2) is 41.9 Å². The molecule has 1 heterocycles. The molecular weight excluding hydrogens is 296 g/mol. The lowest BCUT2D eigenvalue weighted by Crippen LogP contribution is -2.47. The van der Waals surface area contributed by atoms with E-state index in [-0.39, 0.29) is 5.91 Å². The molecule has 1 aliphatic heterocycles. The van der Waals surface area contributed by atoms with Gasteiger partial charge in [0.15, 0.2) is 0 Å². The van der Waals surface area contributed by atoms with Crippen LogP contribution >= 0.6 is 0 Å². The molecule has 0 aliphatic carbocycles. The van der Waals surface area contributed by atoms with E-state index in [2.05, 4.69) is 48.2 Å². The minimum Gasteiger partial charge on any atom is -0.337 e. The molecule has 3 heteroatoms. The lowest BCUT2D eigenvalue weighted by molar-refractivity contribution is -0.127. The summed E-state index contributed by atoms with van der Waals surface area (Å²) in [4.78, 5) is 16.7. The van der Waals surface area contributed by atoms with E-state index in [1.165, 1.54) is 11.1 Å². The highest BCUT2D eigenvalue weighted by Gasteiger charge is 2.19. The Morgan fingerprint density at radius 1 is 0.958 bits per heavy atom. The van der Waals surface area contributed by atoms with Gasteiger partial charge in [-0.2, -0.15) is 0 Å². The molecule has 1 fully saturated rings. The van der Waals surface area contributed by atoms with E-state index < -0.39 is 0 Å². The van der Waals surface area contributed by atoms with E-state index in [0.29, 0.717) is 0 Å². The van der Waals surface area contributed by atoms with Crippen LogP contribution in [0.25, 0.3) is 6.08 Å². The van der Waals surface area contributed by atoms with Crippen molar-refractivity contribution < 1.29 is 4.79 Å². The summed E-state index contributed by atoms with van der Waals surface area (Å²) in [5.41, 5.74) is 3.63. The average Bonchev–Trinajstić information content (AvgIpc) is 2.62. The Bertz CT molecular complexity index is 684. The lowest BCUT2D eigenvalue weighted by Gasteiger charge is -2.34. The molecule has 2 aromatic carbocycles. The molecule has 0 unspecified atom stereocenters. The van der Waals surface area contributed by atoms with Crippen molar-refractivity contribution in [2.75, 3.05) is 26.2 Å². The van der Waals surface area contributed by atoms with Crippen molar-refractivity contribution in [1.29, 1.82) is 0 Å². The summed E-state index contributed by atoms with van der Waals surface area (Å²) in [6.45, 7) is 6.47. The summed E-state index contributed by atoms with van der Waals surface area (Å²) in [6, 6.07) is 18.7. The number of carbonyl (C=O) groups excluding carboxylic acids is 1. The first kappa shape index (κ1) is 16.5. The normalized spacial score (nSPS) is 15.8. The molecule has 3 nitrogen and oxygen atoms in total. The summed E-state index contributed by atoms with van der Waals surface area (Å²) in [5, 5.41) is 0. The van der Waals surface area contributed by atoms with E-state index >= 15 is 0 Å². The van der Waals surface area contributed by atoms with Gasteiger partial charge in [-0.25, -0.2) is 0 Å². The van der Waals surface area contributed by atoms with E-state index in [1.54, 1.807) is 6.08 Å². The quantitative estimate of drug-likeness (QED) is 0.807. The molecule has 0 aromatic heterocycles. The number of aryl methyl sites for hydroxylation is 1. The molecule has 1 amide bonds. The van der Waals surface area contributed by atoms with Crippen LogP contribution in [0.15, 0.2) is 60.7 Å². The highest BCUT2D eigenvalue weighted by molar-refractivity contribution is 5.91. The van der Waals surface area contributed by atoms with Crippen molar-refractivity contribution in [3.8, 4) is 0 Å². The fourth-order valence-corrected chi connectivity index (χ4v) is 2.92. The predicted octanol–water partition coefficient (Wildman–Crippen LogP) is 3.35. The number of piperazine rings is 1. The maximum atomic E-state index is 12.3. The summed E-state index contributed by atoms with van der Waals surface area (Å²) >= 11 is 0. The summed E-state index contributed by atoms with van der Waals surface area (Å²) < 4.78 is 0. The van der Waals surface area contributed by atoms with Crippen molar-refractivity contribution in [1.82, 2.24) is 9.80 Å². The Labute approximate surface area is 144 Å². The van der Waals surface area contributed by atoms with E-state index in [9.17, 15) is 4.79 Å². The minimum absolute atomic E-state index is 0.106. The van der Waals surface area contributed by atoms with Crippen LogP contribution in [0, 0.1) is 6.92 Å². The van der Waals surface area contributed by atoms with Crippen LogP contribution < -0.4 is 0 Å². The van der Waals surface area contributed by atoms with Gasteiger partial charge in [0, 0.05) is 38.8 Å². The van der Waals surface area contributed by atoms with Crippen molar-refractivity contribution in [2.24, 2.45) is 0 Å². The first-order valence-electron chi connectivity index (χ1n) is 8.51. The SMILES string of the molecule is Cc1ccc(/C=C/C(=O)N2CCN(Cc3ccccc3)CC2)cc1. The lowest BCUT2D eigenvalue weighted by atomic mass is 10.1. The highest BCUT2D eigenvalue weighted by atomic mass is 16.2. The van der Waals surface area contributed by atoms with Gasteiger partial charge >= 0.3 is 0 Å². The molecule has 0 spiro atoms. The number of hydrogen-bond acceptors (Lipinski definition) is 2. The second kappa shape index (κ2) is 7.93. The van der Waals surface area contributed by atoms with Crippen molar-refractivity contribution in [2.45, 2.75) is 13.5 Å². The van der Waals surface area contributed by atoms with Crippen LogP contribution in [0.5, 0.6) is 0 Å². The maximum absolute atomic E-state index is 12.3. The molecule has 0 radical (unpaired) electrons. The predicted molar refractivity (Wildman–Crippen MR) is 98.5 cm³/mol. The highest BCUT2D eigenvalue weighted by Crippen LogP contribution is 2.10. The number of amides is 1. The third kappa shape index (κ3) is 4.56. The monoisotopic (exact) mass is 320 g/mol. The number of benzene rings is 2. The number of rotatable bonds is 4. The molecule has 1 saturated heterocycles. The zero-order valence-electron chi connectivity index (χ0n) is 14.2. The maximum Gasteiger partial charge on any atom is 0.246 e. The molecule has 0 N–H and O–H groups in total. The largest absolute Gasteiger partial charge is 0.337 e. The molecule has 3 rings (SSSR count). The molecule has 124 valence electrons. The Morgan fingerprint density at radius 2 is 1.62 bits per heavy atom. The molecule has 0 atom stereocenters. The molecule has 0 bridgehead atoms. The van der Waals surface area contributed by atoms with Gasteiger partial charge in [-0.3, -0.25) is 9.69 Å². The van der Waals surface area contributed by atoms with Crippen molar-refractivity contribution >= 4 is 12.0 Å². The van der Waals surface area contributed by atoms with Gasteiger partial charge in [0.1, 0.15) is 0 Å². The standard InChI is InChI=1S/C21H24N2O/c1-18-7-9-19(10-8-18)11-12-21(24)23-15-13-22(14-16-23)17-20-5-3-2-4-6-20/h2-12H,13-17H2,1H3/b12-11+. The van der Waals surface area contributed by atoms with Gasteiger partial charge in [0.05, 0.1) is 0 Å². The van der Waals surface area contributed by atoms with Gasteiger partial charge < -0.3 is 4.90 Å². The van der Waals surface area contributed by atoms with Gasteiger partial charge in [-0.15, -0.1) is 0 Å². The van der Waals surface area contributed by atoms with Crippen LogP contribution in [0.4, 0.5) is 0 Å². The Balaban J connectivity index is 1.49. The van der Waals surface area contributed by atoms with E-state index in [0.717, 1.165) is 38.3 Å².